The molecule has 4 nitrogen and oxygen atoms in total. The van der Waals surface area contributed by atoms with Gasteiger partial charge in [-0.2, -0.15) is 0 Å². The van der Waals surface area contributed by atoms with Crippen molar-refractivity contribution in [2.75, 3.05) is 13.2 Å². The molecule has 0 saturated carbocycles. The molecule has 0 amide bonds. The molecule has 0 fully saturated rings. The molecule has 4 heteroatoms. The highest BCUT2D eigenvalue weighted by Crippen LogP contribution is 2.37. The molecule has 0 saturated heterocycles. The smallest absolute Gasteiger partial charge is 0.211 e. The van der Waals surface area contributed by atoms with Crippen LogP contribution in [0.3, 0.4) is 0 Å². The van der Waals surface area contributed by atoms with Crippen molar-refractivity contribution in [2.45, 2.75) is 25.7 Å². The fourth-order valence-corrected chi connectivity index (χ4v) is 2.47. The van der Waals surface area contributed by atoms with Crippen LogP contribution in [0, 0.1) is 16.0 Å². The third-order valence-electron chi connectivity index (χ3n) is 3.45. The van der Waals surface area contributed by atoms with Gasteiger partial charge >= 0.3 is 0 Å². The van der Waals surface area contributed by atoms with Gasteiger partial charge in [0, 0.05) is 16.4 Å². The fourth-order valence-electron chi connectivity index (χ4n) is 2.47. The van der Waals surface area contributed by atoms with Crippen LogP contribution >= 0.6 is 0 Å². The van der Waals surface area contributed by atoms with Gasteiger partial charge in [-0.3, -0.25) is 10.1 Å². The molecule has 102 valence electrons. The average Bonchev–Trinajstić information content (AvgIpc) is 2.41. The molecule has 0 aliphatic carbocycles. The zero-order valence-electron chi connectivity index (χ0n) is 11.1. The van der Waals surface area contributed by atoms with Gasteiger partial charge < -0.3 is 4.74 Å². The Hall–Kier alpha value is -1.84. The topological polar surface area (TPSA) is 52.4 Å². The molecule has 1 aliphatic heterocycles. The molecule has 2 rings (SSSR count). The number of para-hydroxylation sites is 1. The van der Waals surface area contributed by atoms with Crippen LogP contribution < -0.4 is 4.74 Å². The van der Waals surface area contributed by atoms with Gasteiger partial charge in [0.2, 0.25) is 6.54 Å². The van der Waals surface area contributed by atoms with Crippen molar-refractivity contribution in [3.63, 3.8) is 0 Å². The zero-order valence-corrected chi connectivity index (χ0v) is 11.1. The van der Waals surface area contributed by atoms with Gasteiger partial charge in [-0.05, 0) is 12.5 Å². The summed E-state index contributed by atoms with van der Waals surface area (Å²) in [7, 11) is 0. The number of rotatable bonds is 5. The van der Waals surface area contributed by atoms with Crippen LogP contribution in [0.5, 0.6) is 5.75 Å². The monoisotopic (exact) mass is 261 g/mol. The number of benzene rings is 1. The molecule has 2 atom stereocenters. The summed E-state index contributed by atoms with van der Waals surface area (Å²) in [6, 6.07) is 7.63. The van der Waals surface area contributed by atoms with Crippen molar-refractivity contribution in [3.8, 4) is 5.75 Å². The summed E-state index contributed by atoms with van der Waals surface area (Å²) in [5.74, 6) is 0.786. The van der Waals surface area contributed by atoms with E-state index in [2.05, 4.69) is 19.1 Å². The summed E-state index contributed by atoms with van der Waals surface area (Å²) in [4.78, 5) is 10.7. The molecule has 1 heterocycles. The molecule has 0 N–H and O–H groups in total. The van der Waals surface area contributed by atoms with E-state index in [1.165, 1.54) is 0 Å². The summed E-state index contributed by atoms with van der Waals surface area (Å²) in [5, 5.41) is 10.9. The van der Waals surface area contributed by atoms with Gasteiger partial charge in [-0.1, -0.05) is 43.7 Å². The van der Waals surface area contributed by atoms with E-state index in [-0.39, 0.29) is 23.3 Å². The summed E-state index contributed by atoms with van der Waals surface area (Å²) >= 11 is 0. The maximum absolute atomic E-state index is 10.9. The second-order valence-electron chi connectivity index (χ2n) is 4.85. The predicted octanol–water partition coefficient (Wildman–Crippen LogP) is 3.41. The second kappa shape index (κ2) is 6.36. The molecular formula is C15H19NO3. The maximum atomic E-state index is 10.9. The van der Waals surface area contributed by atoms with Gasteiger partial charge in [-0.25, -0.2) is 0 Å². The molecule has 0 spiro atoms. The van der Waals surface area contributed by atoms with Gasteiger partial charge in [0.1, 0.15) is 5.75 Å². The Labute approximate surface area is 113 Å². The molecule has 1 aromatic carbocycles. The van der Waals surface area contributed by atoms with Crippen LogP contribution in [0.2, 0.25) is 0 Å². The van der Waals surface area contributed by atoms with E-state index < -0.39 is 0 Å². The van der Waals surface area contributed by atoms with Crippen molar-refractivity contribution in [1.29, 1.82) is 0 Å². The Morgan fingerprint density at radius 3 is 3.00 bits per heavy atom. The second-order valence-corrected chi connectivity index (χ2v) is 4.85. The highest BCUT2D eigenvalue weighted by atomic mass is 16.6. The minimum atomic E-state index is -0.229. The Morgan fingerprint density at radius 1 is 1.47 bits per heavy atom. The molecular weight excluding hydrogens is 242 g/mol. The van der Waals surface area contributed by atoms with E-state index >= 15 is 0 Å². The van der Waals surface area contributed by atoms with E-state index in [4.69, 9.17) is 4.74 Å². The lowest BCUT2D eigenvalue weighted by molar-refractivity contribution is -0.484. The Bertz CT molecular complexity index is 470. The van der Waals surface area contributed by atoms with Crippen LogP contribution in [0.15, 0.2) is 36.4 Å². The molecule has 0 unspecified atom stereocenters. The first kappa shape index (κ1) is 13.6. The van der Waals surface area contributed by atoms with Crippen molar-refractivity contribution >= 4 is 0 Å². The number of nitrogens with zero attached hydrogens (tertiary/aromatic N) is 1. The number of unbranched alkanes of at least 4 members (excludes halogenated alkanes) is 1. The Balaban J connectivity index is 2.23. The first-order valence-corrected chi connectivity index (χ1v) is 6.72. The van der Waals surface area contributed by atoms with Crippen molar-refractivity contribution in [3.05, 3.63) is 52.1 Å². The van der Waals surface area contributed by atoms with Gasteiger partial charge in [0.15, 0.2) is 0 Å². The van der Waals surface area contributed by atoms with E-state index in [1.807, 2.05) is 24.3 Å². The van der Waals surface area contributed by atoms with Crippen LogP contribution in [0.1, 0.15) is 31.2 Å². The number of hydrogen-bond acceptors (Lipinski definition) is 3. The summed E-state index contributed by atoms with van der Waals surface area (Å²) in [6.45, 7) is 2.60. The first-order chi connectivity index (χ1) is 9.22. The molecule has 0 bridgehead atoms. The van der Waals surface area contributed by atoms with Crippen molar-refractivity contribution < 1.29 is 9.66 Å². The number of ether oxygens (including phenoxy) is 1. The molecule has 1 aliphatic rings. The molecule has 1 aromatic rings. The van der Waals surface area contributed by atoms with E-state index in [1.54, 1.807) is 0 Å². The standard InChI is InChI=1S/C15H19NO3/c1-2-3-4-7-12-11-19-15-9-6-5-8-13(15)14(12)10-16(17)18/h4-9,12,14H,2-3,10-11H2,1H3/b7-4+/t12-,14-/m1/s1. The maximum Gasteiger partial charge on any atom is 0.211 e. The quantitative estimate of drug-likeness (QED) is 0.463. The molecule has 0 aromatic heterocycles. The lowest BCUT2D eigenvalue weighted by Gasteiger charge is -2.29. The van der Waals surface area contributed by atoms with Crippen LogP contribution in [-0.4, -0.2) is 18.1 Å². The van der Waals surface area contributed by atoms with Crippen LogP contribution in [-0.2, 0) is 0 Å². The lowest BCUT2D eigenvalue weighted by Crippen LogP contribution is -2.29. The summed E-state index contributed by atoms with van der Waals surface area (Å²) in [5.41, 5.74) is 0.955. The molecule has 0 radical (unpaired) electrons. The largest absolute Gasteiger partial charge is 0.493 e. The SMILES string of the molecule is CCC/C=C/[C@@H]1COc2ccccc2[C@@H]1C[N+](=O)[O-]. The van der Waals surface area contributed by atoms with E-state index in [0.717, 1.165) is 24.2 Å². The average molecular weight is 261 g/mol. The third-order valence-corrected chi connectivity index (χ3v) is 3.45. The Morgan fingerprint density at radius 2 is 2.26 bits per heavy atom. The van der Waals surface area contributed by atoms with Gasteiger partial charge in [0.05, 0.1) is 12.5 Å². The number of fused-ring (bicyclic) bond motifs is 1. The third kappa shape index (κ3) is 3.34. The zero-order chi connectivity index (χ0) is 13.7. The van der Waals surface area contributed by atoms with Crippen LogP contribution in [0.25, 0.3) is 0 Å². The number of nitro groups is 1. The first-order valence-electron chi connectivity index (χ1n) is 6.72. The van der Waals surface area contributed by atoms with E-state index in [9.17, 15) is 10.1 Å². The van der Waals surface area contributed by atoms with Crippen molar-refractivity contribution in [2.24, 2.45) is 5.92 Å². The minimum Gasteiger partial charge on any atom is -0.493 e. The molecule has 19 heavy (non-hydrogen) atoms. The van der Waals surface area contributed by atoms with Gasteiger partial charge in [0.25, 0.3) is 0 Å². The highest BCUT2D eigenvalue weighted by Gasteiger charge is 2.32. The highest BCUT2D eigenvalue weighted by molar-refractivity contribution is 5.39. The Kier molecular flexibility index (Phi) is 4.55. The minimum absolute atomic E-state index is 0.0402. The normalized spacial score (nSPS) is 21.9. The van der Waals surface area contributed by atoms with Gasteiger partial charge in [-0.15, -0.1) is 0 Å². The van der Waals surface area contributed by atoms with Crippen molar-refractivity contribution in [1.82, 2.24) is 0 Å². The summed E-state index contributed by atoms with van der Waals surface area (Å²) in [6.07, 6.45) is 6.27. The number of hydrogen-bond donors (Lipinski definition) is 0. The number of allylic oxidation sites excluding steroid dienone is 1. The van der Waals surface area contributed by atoms with E-state index in [0.29, 0.717) is 6.61 Å². The fraction of sp³-hybridized carbons (Fsp3) is 0.467. The lowest BCUT2D eigenvalue weighted by atomic mass is 9.83. The van der Waals surface area contributed by atoms with Crippen LogP contribution in [0.4, 0.5) is 0 Å². The predicted molar refractivity (Wildman–Crippen MR) is 74.1 cm³/mol. The summed E-state index contributed by atoms with van der Waals surface area (Å²) < 4.78 is 5.70.